The van der Waals surface area contributed by atoms with Crippen molar-refractivity contribution in [2.24, 2.45) is 22.5 Å². The van der Waals surface area contributed by atoms with Crippen LogP contribution in [0, 0.1) is 6.92 Å². The predicted octanol–water partition coefficient (Wildman–Crippen LogP) is 0.714. The highest BCUT2D eigenvalue weighted by atomic mass is 19.3. The zero-order chi connectivity index (χ0) is 20.5. The van der Waals surface area contributed by atoms with E-state index < -0.39 is 23.4 Å². The quantitative estimate of drug-likeness (QED) is 0.219. The molecule has 0 saturated carbocycles. The van der Waals surface area contributed by atoms with E-state index in [4.69, 9.17) is 17.4 Å². The molecule has 0 aliphatic heterocycles. The number of amidine groups is 1. The average Bonchev–Trinajstić information content (AvgIpc) is 2.98. The van der Waals surface area contributed by atoms with E-state index >= 15 is 0 Å². The maximum Gasteiger partial charge on any atom is 0.349 e. The van der Waals surface area contributed by atoms with Crippen LogP contribution >= 0.6 is 0 Å². The number of carbonyl (C=O) groups is 1. The number of hydrazone groups is 1. The minimum atomic E-state index is -3.63. The molecule has 11 heteroatoms. The van der Waals surface area contributed by atoms with Crippen LogP contribution in [0.1, 0.15) is 27.3 Å². The lowest BCUT2D eigenvalue weighted by molar-refractivity contribution is 0.0666. The third-order valence-electron chi connectivity index (χ3n) is 4.27. The number of hydrogen-bond acceptors (Lipinski definition) is 6. The first-order chi connectivity index (χ1) is 13.3. The minimum Gasteiger partial charge on any atom is -0.366 e. The standard InChI is InChI=1S/C17H18F2N8O/c1-9-11-6-7-13(17(18,19)16(24-21)25-22)23-15(11)27(26-9)8-10-4-2-3-5-12(10)14(20)28/h2-7H,8,21-22H2,1H3,(H2,20,28)(H,24,25). The summed E-state index contributed by atoms with van der Waals surface area (Å²) < 4.78 is 30.6. The number of alkyl halides is 2. The van der Waals surface area contributed by atoms with Crippen LogP contribution in [-0.4, -0.2) is 26.5 Å². The lowest BCUT2D eigenvalue weighted by Gasteiger charge is -2.17. The molecule has 0 radical (unpaired) electrons. The third kappa shape index (κ3) is 3.22. The Kier molecular flexibility index (Phi) is 4.92. The molecule has 0 bridgehead atoms. The molecule has 1 amide bonds. The van der Waals surface area contributed by atoms with Crippen LogP contribution in [0.2, 0.25) is 0 Å². The molecule has 7 N–H and O–H groups in total. The van der Waals surface area contributed by atoms with Crippen molar-refractivity contribution in [2.75, 3.05) is 0 Å². The number of hydrazine groups is 1. The SMILES string of the molecule is Cc1nn(Cc2ccccc2C(N)=O)c2nc(C(F)(F)/C(=N/N)NN)ccc12. The molecule has 2 aromatic heterocycles. The average molecular weight is 388 g/mol. The van der Waals surface area contributed by atoms with E-state index in [2.05, 4.69) is 15.2 Å². The van der Waals surface area contributed by atoms with Gasteiger partial charge in [-0.2, -0.15) is 19.0 Å². The number of nitrogens with zero attached hydrogens (tertiary/aromatic N) is 4. The monoisotopic (exact) mass is 388 g/mol. The molecule has 3 rings (SSSR count). The number of halogens is 2. The van der Waals surface area contributed by atoms with Gasteiger partial charge in [0.25, 0.3) is 0 Å². The number of hydrogen-bond donors (Lipinski definition) is 4. The van der Waals surface area contributed by atoms with Crippen LogP contribution in [-0.2, 0) is 12.5 Å². The van der Waals surface area contributed by atoms with Gasteiger partial charge >= 0.3 is 5.92 Å². The fourth-order valence-corrected chi connectivity index (χ4v) is 2.89. The minimum absolute atomic E-state index is 0.123. The van der Waals surface area contributed by atoms with E-state index in [0.717, 1.165) is 6.07 Å². The molecule has 0 aliphatic rings. The van der Waals surface area contributed by atoms with Crippen LogP contribution in [0.5, 0.6) is 0 Å². The number of carbonyl (C=O) groups excluding carboxylic acids is 1. The topological polar surface area (TPSA) is 150 Å². The van der Waals surface area contributed by atoms with Crippen LogP contribution in [0.25, 0.3) is 11.0 Å². The molecule has 0 saturated heterocycles. The lowest BCUT2D eigenvalue weighted by atomic mass is 10.1. The summed E-state index contributed by atoms with van der Waals surface area (Å²) in [6.07, 6.45) is 0. The Balaban J connectivity index is 2.12. The second-order valence-corrected chi connectivity index (χ2v) is 6.03. The molecule has 9 nitrogen and oxygen atoms in total. The molecular weight excluding hydrogens is 370 g/mol. The fraction of sp³-hybridized carbons (Fsp3) is 0.176. The fourth-order valence-electron chi connectivity index (χ4n) is 2.89. The van der Waals surface area contributed by atoms with Gasteiger partial charge < -0.3 is 17.0 Å². The number of aromatic nitrogens is 3. The molecule has 0 aliphatic carbocycles. The molecule has 0 fully saturated rings. The Morgan fingerprint density at radius 3 is 2.64 bits per heavy atom. The number of benzene rings is 1. The van der Waals surface area contributed by atoms with E-state index in [0.29, 0.717) is 22.2 Å². The molecule has 2 heterocycles. The van der Waals surface area contributed by atoms with Gasteiger partial charge in [0.2, 0.25) is 11.7 Å². The molecule has 3 aromatic rings. The summed E-state index contributed by atoms with van der Waals surface area (Å²) in [5.41, 5.74) is 8.29. The van der Waals surface area contributed by atoms with Crippen LogP contribution in [0.4, 0.5) is 8.78 Å². The third-order valence-corrected chi connectivity index (χ3v) is 4.27. The van der Waals surface area contributed by atoms with Crippen molar-refractivity contribution in [3.63, 3.8) is 0 Å². The van der Waals surface area contributed by atoms with E-state index in [9.17, 15) is 13.6 Å². The van der Waals surface area contributed by atoms with Gasteiger partial charge in [-0.25, -0.2) is 15.5 Å². The van der Waals surface area contributed by atoms with Gasteiger partial charge in [0, 0.05) is 10.9 Å². The van der Waals surface area contributed by atoms with Crippen LogP contribution < -0.4 is 22.8 Å². The van der Waals surface area contributed by atoms with Gasteiger partial charge in [0.05, 0.1) is 12.2 Å². The van der Waals surface area contributed by atoms with Crippen LogP contribution in [0.15, 0.2) is 41.5 Å². The van der Waals surface area contributed by atoms with Crippen molar-refractivity contribution in [2.45, 2.75) is 19.4 Å². The summed E-state index contributed by atoms with van der Waals surface area (Å²) >= 11 is 0. The number of nitrogens with one attached hydrogen (secondary N) is 1. The van der Waals surface area contributed by atoms with Crippen molar-refractivity contribution in [3.05, 3.63) is 58.9 Å². The summed E-state index contributed by atoms with van der Waals surface area (Å²) in [4.78, 5) is 15.7. The van der Waals surface area contributed by atoms with Gasteiger partial charge in [-0.3, -0.25) is 4.79 Å². The Bertz CT molecular complexity index is 1080. The molecule has 0 spiro atoms. The van der Waals surface area contributed by atoms with Gasteiger partial charge in [-0.15, -0.1) is 0 Å². The Morgan fingerprint density at radius 2 is 2.00 bits per heavy atom. The maximum absolute atomic E-state index is 14.6. The highest BCUT2D eigenvalue weighted by Gasteiger charge is 2.40. The first kappa shape index (κ1) is 19.2. The van der Waals surface area contributed by atoms with Crippen LogP contribution in [0.3, 0.4) is 0 Å². The highest BCUT2D eigenvalue weighted by Crippen LogP contribution is 2.29. The predicted molar refractivity (Wildman–Crippen MR) is 99.2 cm³/mol. The number of amides is 1. The molecule has 1 aromatic carbocycles. The second-order valence-electron chi connectivity index (χ2n) is 6.03. The summed E-state index contributed by atoms with van der Waals surface area (Å²) in [5, 5.41) is 7.92. The summed E-state index contributed by atoms with van der Waals surface area (Å²) in [7, 11) is 0. The molecular formula is C17H18F2N8O. The summed E-state index contributed by atoms with van der Waals surface area (Å²) in [5.74, 6) is 4.89. The summed E-state index contributed by atoms with van der Waals surface area (Å²) in [6, 6.07) is 9.35. The lowest BCUT2D eigenvalue weighted by Crippen LogP contribution is -2.43. The Morgan fingerprint density at radius 1 is 1.29 bits per heavy atom. The highest BCUT2D eigenvalue weighted by molar-refractivity contribution is 5.94. The maximum atomic E-state index is 14.6. The Hall–Kier alpha value is -3.60. The first-order valence-electron chi connectivity index (χ1n) is 8.14. The molecule has 146 valence electrons. The number of rotatable bonds is 5. The molecule has 0 unspecified atom stereocenters. The second kappa shape index (κ2) is 7.19. The van der Waals surface area contributed by atoms with Gasteiger partial charge in [0.15, 0.2) is 5.65 Å². The van der Waals surface area contributed by atoms with Gasteiger partial charge in [-0.05, 0) is 30.7 Å². The molecule has 28 heavy (non-hydrogen) atoms. The number of fused-ring (bicyclic) bond motifs is 1. The van der Waals surface area contributed by atoms with Gasteiger partial charge in [-0.1, -0.05) is 18.2 Å². The zero-order valence-electron chi connectivity index (χ0n) is 14.9. The number of primary amides is 1. The van der Waals surface area contributed by atoms with E-state index in [-0.39, 0.29) is 12.2 Å². The zero-order valence-corrected chi connectivity index (χ0v) is 14.9. The largest absolute Gasteiger partial charge is 0.366 e. The molecule has 0 atom stereocenters. The first-order valence-corrected chi connectivity index (χ1v) is 8.14. The van der Waals surface area contributed by atoms with Gasteiger partial charge in [0.1, 0.15) is 5.69 Å². The van der Waals surface area contributed by atoms with Crippen molar-refractivity contribution in [1.82, 2.24) is 20.2 Å². The number of aryl methyl sites for hydroxylation is 1. The van der Waals surface area contributed by atoms with E-state index in [1.165, 1.54) is 10.7 Å². The number of nitrogens with two attached hydrogens (primary N) is 3. The normalized spacial score (nSPS) is 12.4. The summed E-state index contributed by atoms with van der Waals surface area (Å²) in [6.45, 7) is 1.85. The van der Waals surface area contributed by atoms with Crippen molar-refractivity contribution >= 4 is 22.8 Å². The Labute approximate surface area is 158 Å². The van der Waals surface area contributed by atoms with Crippen molar-refractivity contribution in [3.8, 4) is 0 Å². The number of pyridine rings is 1. The van der Waals surface area contributed by atoms with E-state index in [1.54, 1.807) is 36.6 Å². The van der Waals surface area contributed by atoms with Crippen molar-refractivity contribution < 1.29 is 13.6 Å². The van der Waals surface area contributed by atoms with E-state index in [1.807, 2.05) is 0 Å². The van der Waals surface area contributed by atoms with Crippen molar-refractivity contribution in [1.29, 1.82) is 0 Å². The smallest absolute Gasteiger partial charge is 0.349 e.